The van der Waals surface area contributed by atoms with E-state index >= 15 is 0 Å². The predicted molar refractivity (Wildman–Crippen MR) is 88.1 cm³/mol. The molecule has 0 atom stereocenters. The molecule has 2 N–H and O–H groups in total. The van der Waals surface area contributed by atoms with E-state index in [-0.39, 0.29) is 11.3 Å². The summed E-state index contributed by atoms with van der Waals surface area (Å²) < 4.78 is 11.4. The minimum absolute atomic E-state index is 0.171. The largest absolute Gasteiger partial charge is 0.508 e. The van der Waals surface area contributed by atoms with Crippen LogP contribution in [0.5, 0.6) is 28.7 Å². The van der Waals surface area contributed by atoms with Crippen molar-refractivity contribution >= 4 is 5.97 Å². The van der Waals surface area contributed by atoms with Gasteiger partial charge >= 0.3 is 5.97 Å². The summed E-state index contributed by atoms with van der Waals surface area (Å²) in [5, 5.41) is 18.2. The van der Waals surface area contributed by atoms with Crippen LogP contribution in [0.15, 0.2) is 72.8 Å². The number of carboxylic acid groups (broad SMARTS) is 1. The number of rotatable bonds is 5. The van der Waals surface area contributed by atoms with Gasteiger partial charge in [0.15, 0.2) is 0 Å². The molecular weight excluding hydrogens is 308 g/mol. The van der Waals surface area contributed by atoms with E-state index < -0.39 is 5.97 Å². The highest BCUT2D eigenvalue weighted by Gasteiger charge is 2.04. The third-order valence-electron chi connectivity index (χ3n) is 3.21. The van der Waals surface area contributed by atoms with Gasteiger partial charge in [0.05, 0.1) is 5.56 Å². The zero-order valence-electron chi connectivity index (χ0n) is 12.5. The maximum Gasteiger partial charge on any atom is 0.335 e. The van der Waals surface area contributed by atoms with Crippen LogP contribution in [-0.2, 0) is 0 Å². The lowest BCUT2D eigenvalue weighted by Gasteiger charge is -2.09. The fraction of sp³-hybridized carbons (Fsp3) is 0. The third kappa shape index (κ3) is 3.84. The Morgan fingerprint density at radius 3 is 1.71 bits per heavy atom. The lowest BCUT2D eigenvalue weighted by molar-refractivity contribution is 0.0697. The first-order valence-corrected chi connectivity index (χ1v) is 7.18. The van der Waals surface area contributed by atoms with E-state index in [1.54, 1.807) is 60.7 Å². The van der Waals surface area contributed by atoms with E-state index in [1.165, 1.54) is 12.1 Å². The number of aromatic hydroxyl groups is 1. The van der Waals surface area contributed by atoms with Gasteiger partial charge in [-0.05, 0) is 60.7 Å². The fourth-order valence-corrected chi connectivity index (χ4v) is 2.05. The van der Waals surface area contributed by atoms with Crippen LogP contribution in [0.4, 0.5) is 0 Å². The Bertz CT molecular complexity index is 838. The maximum atomic E-state index is 10.8. The van der Waals surface area contributed by atoms with Gasteiger partial charge in [0.1, 0.15) is 28.7 Å². The quantitative estimate of drug-likeness (QED) is 0.713. The Labute approximate surface area is 138 Å². The van der Waals surface area contributed by atoms with Gasteiger partial charge in [0, 0.05) is 6.07 Å². The van der Waals surface area contributed by atoms with Crippen molar-refractivity contribution in [1.29, 1.82) is 0 Å². The summed E-state index contributed by atoms with van der Waals surface area (Å²) >= 11 is 0. The minimum Gasteiger partial charge on any atom is -0.508 e. The highest BCUT2D eigenvalue weighted by molar-refractivity contribution is 5.87. The van der Waals surface area contributed by atoms with Gasteiger partial charge in [-0.25, -0.2) is 4.79 Å². The van der Waals surface area contributed by atoms with Crippen molar-refractivity contribution in [3.8, 4) is 28.7 Å². The molecule has 0 saturated heterocycles. The third-order valence-corrected chi connectivity index (χ3v) is 3.21. The van der Waals surface area contributed by atoms with Crippen LogP contribution in [0.3, 0.4) is 0 Å². The van der Waals surface area contributed by atoms with E-state index in [0.717, 1.165) is 0 Å². The van der Waals surface area contributed by atoms with Crippen LogP contribution >= 0.6 is 0 Å². The number of carboxylic acids is 1. The first kappa shape index (κ1) is 15.4. The van der Waals surface area contributed by atoms with Gasteiger partial charge in [-0.1, -0.05) is 6.07 Å². The van der Waals surface area contributed by atoms with Crippen LogP contribution in [0.25, 0.3) is 0 Å². The maximum absolute atomic E-state index is 10.8. The molecule has 0 amide bonds. The number of hydrogen-bond donors (Lipinski definition) is 2. The molecule has 0 unspecified atom stereocenters. The Morgan fingerprint density at radius 1 is 0.708 bits per heavy atom. The summed E-state index contributed by atoms with van der Waals surface area (Å²) in [6.07, 6.45) is 0. The number of benzene rings is 3. The van der Waals surface area contributed by atoms with E-state index in [1.807, 2.05) is 0 Å². The van der Waals surface area contributed by atoms with Gasteiger partial charge < -0.3 is 19.7 Å². The molecule has 5 nitrogen and oxygen atoms in total. The van der Waals surface area contributed by atoms with Crippen LogP contribution < -0.4 is 9.47 Å². The average Bonchev–Trinajstić information content (AvgIpc) is 2.58. The summed E-state index contributed by atoms with van der Waals surface area (Å²) in [6, 6.07) is 19.6. The van der Waals surface area contributed by atoms with Crippen molar-refractivity contribution in [3.05, 3.63) is 78.4 Å². The molecule has 0 aromatic heterocycles. The van der Waals surface area contributed by atoms with E-state index in [9.17, 15) is 9.90 Å². The number of carbonyl (C=O) groups is 1. The molecule has 0 radical (unpaired) electrons. The molecule has 0 spiro atoms. The van der Waals surface area contributed by atoms with Crippen molar-refractivity contribution in [2.24, 2.45) is 0 Å². The first-order chi connectivity index (χ1) is 11.6. The van der Waals surface area contributed by atoms with Crippen molar-refractivity contribution in [2.45, 2.75) is 0 Å². The molecule has 3 aromatic carbocycles. The second kappa shape index (κ2) is 6.75. The molecule has 5 heteroatoms. The normalized spacial score (nSPS) is 10.2. The molecule has 0 aliphatic carbocycles. The molecule has 24 heavy (non-hydrogen) atoms. The lowest BCUT2D eigenvalue weighted by Crippen LogP contribution is -1.95. The molecule has 0 saturated carbocycles. The summed E-state index contributed by atoms with van der Waals surface area (Å²) in [5.41, 5.74) is 0.201. The van der Waals surface area contributed by atoms with Gasteiger partial charge in [0.2, 0.25) is 0 Å². The summed E-state index contributed by atoms with van der Waals surface area (Å²) in [6.45, 7) is 0. The summed E-state index contributed by atoms with van der Waals surface area (Å²) in [5.74, 6) is 1.46. The SMILES string of the molecule is O=C(O)c1ccc(Oc2cccc(Oc3ccc(O)cc3)c2)cc1. The Morgan fingerprint density at radius 2 is 1.21 bits per heavy atom. The second-order valence-electron chi connectivity index (χ2n) is 5.00. The van der Waals surface area contributed by atoms with Crippen LogP contribution in [0.1, 0.15) is 10.4 Å². The zero-order valence-corrected chi connectivity index (χ0v) is 12.5. The molecule has 0 heterocycles. The molecule has 3 aromatic rings. The van der Waals surface area contributed by atoms with Crippen LogP contribution in [0, 0.1) is 0 Å². The highest BCUT2D eigenvalue weighted by atomic mass is 16.5. The summed E-state index contributed by atoms with van der Waals surface area (Å²) in [7, 11) is 0. The molecule has 0 bridgehead atoms. The van der Waals surface area contributed by atoms with Crippen molar-refractivity contribution in [2.75, 3.05) is 0 Å². The number of hydrogen-bond acceptors (Lipinski definition) is 4. The molecule has 0 fully saturated rings. The Hall–Kier alpha value is -3.47. The second-order valence-corrected chi connectivity index (χ2v) is 5.00. The van der Waals surface area contributed by atoms with Gasteiger partial charge in [-0.15, -0.1) is 0 Å². The number of phenolic OH excluding ortho intramolecular Hbond substituents is 1. The van der Waals surface area contributed by atoms with E-state index in [2.05, 4.69) is 0 Å². The molecule has 0 aliphatic heterocycles. The Kier molecular flexibility index (Phi) is 4.34. The van der Waals surface area contributed by atoms with Gasteiger partial charge in [-0.2, -0.15) is 0 Å². The van der Waals surface area contributed by atoms with Gasteiger partial charge in [-0.3, -0.25) is 0 Å². The number of ether oxygens (including phenoxy) is 2. The predicted octanol–water partition coefficient (Wildman–Crippen LogP) is 4.68. The standard InChI is InChI=1S/C19H14O5/c20-14-6-10-16(11-7-14)24-18-3-1-2-17(12-18)23-15-8-4-13(5-9-15)19(21)22/h1-12,20H,(H,21,22). The van der Waals surface area contributed by atoms with E-state index in [4.69, 9.17) is 14.6 Å². The first-order valence-electron chi connectivity index (χ1n) is 7.18. The van der Waals surface area contributed by atoms with Crippen molar-refractivity contribution in [3.63, 3.8) is 0 Å². The highest BCUT2D eigenvalue weighted by Crippen LogP contribution is 2.29. The van der Waals surface area contributed by atoms with E-state index in [0.29, 0.717) is 23.0 Å². The van der Waals surface area contributed by atoms with Crippen LogP contribution in [0.2, 0.25) is 0 Å². The Balaban J connectivity index is 1.72. The average molecular weight is 322 g/mol. The number of phenols is 1. The molecule has 0 aliphatic rings. The van der Waals surface area contributed by atoms with Crippen LogP contribution in [-0.4, -0.2) is 16.2 Å². The lowest BCUT2D eigenvalue weighted by atomic mass is 10.2. The van der Waals surface area contributed by atoms with Crippen molar-refractivity contribution < 1.29 is 24.5 Å². The van der Waals surface area contributed by atoms with Gasteiger partial charge in [0.25, 0.3) is 0 Å². The molecule has 3 rings (SSSR count). The fourth-order valence-electron chi connectivity index (χ4n) is 2.05. The van der Waals surface area contributed by atoms with Crippen molar-refractivity contribution in [1.82, 2.24) is 0 Å². The summed E-state index contributed by atoms with van der Waals surface area (Å²) in [4.78, 5) is 10.8. The topological polar surface area (TPSA) is 76.0 Å². The zero-order chi connectivity index (χ0) is 16.9. The number of aromatic carboxylic acids is 1. The monoisotopic (exact) mass is 322 g/mol. The molecular formula is C19H14O5. The minimum atomic E-state index is -0.981. The smallest absolute Gasteiger partial charge is 0.335 e. The molecule has 120 valence electrons.